The highest BCUT2D eigenvalue weighted by Crippen LogP contribution is 2.14. The summed E-state index contributed by atoms with van der Waals surface area (Å²) < 4.78 is 20.6. The lowest BCUT2D eigenvalue weighted by Gasteiger charge is -2.18. The third-order valence-corrected chi connectivity index (χ3v) is 7.10. The summed E-state index contributed by atoms with van der Waals surface area (Å²) in [5.41, 5.74) is 6.58. The summed E-state index contributed by atoms with van der Waals surface area (Å²) in [5, 5.41) is 0. The van der Waals surface area contributed by atoms with E-state index in [4.69, 9.17) is 24.7 Å². The first-order chi connectivity index (χ1) is 20.8. The monoisotopic (exact) mass is 605 g/mol. The van der Waals surface area contributed by atoms with Crippen LogP contribution in [-0.4, -0.2) is 49.2 Å². The Bertz CT molecular complexity index is 892. The largest absolute Gasteiger partial charge is 0.462 e. The summed E-state index contributed by atoms with van der Waals surface area (Å²) in [6, 6.07) is 7.89. The topological polar surface area (TPSA) is 131 Å². The number of unbranched alkanes of at least 4 members (excludes halogenated alkanes) is 14. The molecule has 0 spiro atoms. The van der Waals surface area contributed by atoms with E-state index in [-0.39, 0.29) is 26.2 Å². The van der Waals surface area contributed by atoms with Gasteiger partial charge in [0.1, 0.15) is 25.9 Å². The van der Waals surface area contributed by atoms with Gasteiger partial charge in [0, 0.05) is 13.3 Å². The van der Waals surface area contributed by atoms with Gasteiger partial charge in [-0.1, -0.05) is 127 Å². The number of rotatable bonds is 26. The molecular weight excluding hydrogens is 550 g/mol. The van der Waals surface area contributed by atoms with E-state index in [9.17, 15) is 19.2 Å². The molecule has 1 aromatic carbocycles. The van der Waals surface area contributed by atoms with Crippen molar-refractivity contribution in [2.24, 2.45) is 5.73 Å². The Morgan fingerprint density at radius 3 is 1.72 bits per heavy atom. The molecule has 1 rings (SSSR count). The molecular formula is C34H55NO8. The van der Waals surface area contributed by atoms with Gasteiger partial charge in [-0.2, -0.15) is 0 Å². The van der Waals surface area contributed by atoms with Crippen LogP contribution in [0, 0.1) is 0 Å². The lowest BCUT2D eigenvalue weighted by atomic mass is 10.0. The molecule has 2 atom stereocenters. The number of hydrogen-bond acceptors (Lipinski definition) is 9. The molecule has 244 valence electrons. The van der Waals surface area contributed by atoms with Crippen LogP contribution in [0.15, 0.2) is 30.3 Å². The van der Waals surface area contributed by atoms with E-state index in [0.29, 0.717) is 6.42 Å². The first-order valence-corrected chi connectivity index (χ1v) is 16.3. The van der Waals surface area contributed by atoms with Crippen LogP contribution in [0.5, 0.6) is 0 Å². The summed E-state index contributed by atoms with van der Waals surface area (Å²) in [6.45, 7) is 2.98. The van der Waals surface area contributed by atoms with Crippen molar-refractivity contribution >= 4 is 23.9 Å². The second-order valence-electron chi connectivity index (χ2n) is 11.2. The van der Waals surface area contributed by atoms with Crippen LogP contribution >= 0.6 is 0 Å². The van der Waals surface area contributed by atoms with Crippen molar-refractivity contribution in [2.75, 3.05) is 13.2 Å². The highest BCUT2D eigenvalue weighted by molar-refractivity contribution is 5.82. The Morgan fingerprint density at radius 1 is 0.674 bits per heavy atom. The molecule has 1 aromatic rings. The summed E-state index contributed by atoms with van der Waals surface area (Å²) >= 11 is 0. The fraction of sp³-hybridized carbons (Fsp3) is 0.706. The summed E-state index contributed by atoms with van der Waals surface area (Å²) in [5.74, 6) is -2.47. The molecule has 9 nitrogen and oxygen atoms in total. The van der Waals surface area contributed by atoms with Gasteiger partial charge in [0.05, 0.1) is 6.42 Å². The lowest BCUT2D eigenvalue weighted by molar-refractivity contribution is -0.167. The van der Waals surface area contributed by atoms with Crippen LogP contribution in [0.25, 0.3) is 0 Å². The minimum atomic E-state index is -1.20. The second-order valence-corrected chi connectivity index (χ2v) is 11.2. The van der Waals surface area contributed by atoms with Gasteiger partial charge in [-0.05, 0) is 12.0 Å². The minimum Gasteiger partial charge on any atom is -0.462 e. The quantitative estimate of drug-likeness (QED) is 0.0694. The van der Waals surface area contributed by atoms with E-state index in [1.807, 2.05) is 18.2 Å². The Labute approximate surface area is 258 Å². The Morgan fingerprint density at radius 2 is 1.19 bits per heavy atom. The molecule has 2 unspecified atom stereocenters. The number of ether oxygens (including phenoxy) is 4. The van der Waals surface area contributed by atoms with Crippen molar-refractivity contribution in [2.45, 2.75) is 142 Å². The maximum atomic E-state index is 12.3. The van der Waals surface area contributed by atoms with Crippen molar-refractivity contribution in [1.29, 1.82) is 0 Å². The zero-order valence-corrected chi connectivity index (χ0v) is 26.5. The van der Waals surface area contributed by atoms with Gasteiger partial charge in [0.2, 0.25) is 0 Å². The summed E-state index contributed by atoms with van der Waals surface area (Å²) in [6.07, 6.45) is 17.4. The Hall–Kier alpha value is -2.94. The maximum Gasteiger partial charge on any atom is 0.323 e. The first-order valence-electron chi connectivity index (χ1n) is 16.3. The van der Waals surface area contributed by atoms with E-state index < -0.39 is 42.4 Å². The second kappa shape index (κ2) is 25.5. The fourth-order valence-electron chi connectivity index (χ4n) is 4.56. The number of carbonyl (C=O) groups excluding carboxylic acids is 4. The summed E-state index contributed by atoms with van der Waals surface area (Å²) in [7, 11) is 0. The van der Waals surface area contributed by atoms with Crippen molar-refractivity contribution in [3.8, 4) is 0 Å². The van der Waals surface area contributed by atoms with Crippen LogP contribution in [0.2, 0.25) is 0 Å². The molecule has 0 aliphatic heterocycles. The molecule has 0 aliphatic carbocycles. The third-order valence-electron chi connectivity index (χ3n) is 7.10. The highest BCUT2D eigenvalue weighted by Gasteiger charge is 2.23. The lowest BCUT2D eigenvalue weighted by Crippen LogP contribution is -2.36. The number of nitrogens with two attached hydrogens (primary N) is 1. The molecule has 0 aromatic heterocycles. The number of benzene rings is 1. The van der Waals surface area contributed by atoms with Crippen molar-refractivity contribution in [1.82, 2.24) is 0 Å². The molecule has 0 heterocycles. The predicted molar refractivity (Wildman–Crippen MR) is 166 cm³/mol. The van der Waals surface area contributed by atoms with E-state index >= 15 is 0 Å². The summed E-state index contributed by atoms with van der Waals surface area (Å²) in [4.78, 5) is 47.9. The average molecular weight is 606 g/mol. The van der Waals surface area contributed by atoms with Gasteiger partial charge in [-0.15, -0.1) is 0 Å². The molecule has 0 saturated heterocycles. The first kappa shape index (κ1) is 38.1. The molecule has 2 N–H and O–H groups in total. The van der Waals surface area contributed by atoms with Gasteiger partial charge in [0.15, 0.2) is 6.10 Å². The Balaban J connectivity index is 2.18. The molecule has 0 saturated carbocycles. The van der Waals surface area contributed by atoms with E-state index in [0.717, 1.165) is 18.4 Å². The van der Waals surface area contributed by atoms with Crippen molar-refractivity contribution in [3.63, 3.8) is 0 Å². The molecule has 0 aliphatic rings. The van der Waals surface area contributed by atoms with E-state index in [2.05, 4.69) is 6.92 Å². The number of hydrogen-bond donors (Lipinski definition) is 1. The molecule has 0 amide bonds. The predicted octanol–water partition coefficient (Wildman–Crippen LogP) is 6.73. The average Bonchev–Trinajstić information content (AvgIpc) is 2.99. The van der Waals surface area contributed by atoms with Crippen LogP contribution in [0.3, 0.4) is 0 Å². The normalized spacial score (nSPS) is 12.3. The van der Waals surface area contributed by atoms with E-state index in [1.165, 1.54) is 84.0 Å². The van der Waals surface area contributed by atoms with Gasteiger partial charge in [-0.25, -0.2) is 0 Å². The molecule has 0 radical (unpaired) electrons. The van der Waals surface area contributed by atoms with E-state index in [1.54, 1.807) is 12.1 Å². The van der Waals surface area contributed by atoms with Crippen molar-refractivity contribution in [3.05, 3.63) is 35.9 Å². The van der Waals surface area contributed by atoms with Crippen molar-refractivity contribution < 1.29 is 38.1 Å². The van der Waals surface area contributed by atoms with Gasteiger partial charge >= 0.3 is 23.9 Å². The molecule has 9 heteroatoms. The number of esters is 4. The van der Waals surface area contributed by atoms with Gasteiger partial charge in [0.25, 0.3) is 0 Å². The van der Waals surface area contributed by atoms with Crippen LogP contribution in [0.1, 0.15) is 129 Å². The smallest absolute Gasteiger partial charge is 0.323 e. The minimum absolute atomic E-state index is 0.0438. The zero-order chi connectivity index (χ0) is 31.5. The third kappa shape index (κ3) is 22.3. The molecule has 43 heavy (non-hydrogen) atoms. The SMILES string of the molecule is CCCCCCCCCCCCCCCCCC(=O)OC(COC(C)=O)COC(=O)CC(N)C(=O)OCc1ccccc1. The Kier molecular flexibility index (Phi) is 22.6. The molecule has 0 bridgehead atoms. The van der Waals surface area contributed by atoms with Crippen LogP contribution < -0.4 is 5.73 Å². The van der Waals surface area contributed by atoms with Crippen LogP contribution in [0.4, 0.5) is 0 Å². The molecule has 0 fully saturated rings. The fourth-order valence-corrected chi connectivity index (χ4v) is 4.56. The van der Waals surface area contributed by atoms with Crippen LogP contribution in [-0.2, 0) is 44.7 Å². The zero-order valence-electron chi connectivity index (χ0n) is 26.5. The van der Waals surface area contributed by atoms with Gasteiger partial charge < -0.3 is 24.7 Å². The number of carbonyl (C=O) groups is 4. The standard InChI is InChI=1S/C34H55NO8/c1-3-4-5-6-7-8-9-10-11-12-13-14-15-16-20-23-32(37)43-30(26-40-28(2)36)27-41-33(38)24-31(35)34(39)42-25-29-21-18-17-19-22-29/h17-19,21-22,30-31H,3-16,20,23-27,35H2,1-2H3. The maximum absolute atomic E-state index is 12.3. The van der Waals surface area contributed by atoms with Gasteiger partial charge in [-0.3, -0.25) is 19.2 Å². The highest BCUT2D eigenvalue weighted by atomic mass is 16.6.